The first-order valence-corrected chi connectivity index (χ1v) is 6.53. The van der Waals surface area contributed by atoms with Crippen LogP contribution in [0.5, 0.6) is 0 Å². The molecule has 1 aliphatic heterocycles. The fourth-order valence-corrected chi connectivity index (χ4v) is 2.50. The van der Waals surface area contributed by atoms with E-state index >= 15 is 0 Å². The van der Waals surface area contributed by atoms with Crippen LogP contribution in [0.25, 0.3) is 0 Å². The lowest BCUT2D eigenvalue weighted by Crippen LogP contribution is -2.32. The zero-order valence-electron chi connectivity index (χ0n) is 10.5. The first-order valence-electron chi connectivity index (χ1n) is 6.53. The van der Waals surface area contributed by atoms with Crippen molar-refractivity contribution in [2.75, 3.05) is 13.1 Å². The second-order valence-electron chi connectivity index (χ2n) is 4.94. The van der Waals surface area contributed by atoms with E-state index in [4.69, 9.17) is 5.26 Å². The highest BCUT2D eigenvalue weighted by molar-refractivity contribution is 5.31. The summed E-state index contributed by atoms with van der Waals surface area (Å²) < 4.78 is 0. The van der Waals surface area contributed by atoms with Crippen LogP contribution in [-0.2, 0) is 6.54 Å². The summed E-state index contributed by atoms with van der Waals surface area (Å²) in [7, 11) is 0. The van der Waals surface area contributed by atoms with E-state index in [1.54, 1.807) is 0 Å². The Hall–Kier alpha value is -1.33. The van der Waals surface area contributed by atoms with Crippen molar-refractivity contribution in [1.82, 2.24) is 4.90 Å². The summed E-state index contributed by atoms with van der Waals surface area (Å²) in [6.45, 7) is 5.76. The second kappa shape index (κ2) is 5.84. The van der Waals surface area contributed by atoms with Crippen LogP contribution in [0.15, 0.2) is 24.3 Å². The number of benzene rings is 1. The first kappa shape index (κ1) is 12.1. The van der Waals surface area contributed by atoms with Crippen molar-refractivity contribution >= 4 is 0 Å². The van der Waals surface area contributed by atoms with Crippen LogP contribution in [0, 0.1) is 17.2 Å². The third-order valence-corrected chi connectivity index (χ3v) is 3.77. The molecule has 1 saturated heterocycles. The predicted octanol–water partition coefficient (Wildman–Crippen LogP) is 3.18. The molecule has 1 heterocycles. The average Bonchev–Trinajstić information content (AvgIpc) is 2.40. The zero-order chi connectivity index (χ0) is 12.1. The van der Waals surface area contributed by atoms with Gasteiger partial charge in [-0.25, -0.2) is 0 Å². The largest absolute Gasteiger partial charge is 0.299 e. The fraction of sp³-hybridized carbons (Fsp3) is 0.533. The molecule has 2 rings (SSSR count). The standard InChI is InChI=1S/C15H20N2/c1-2-13-7-9-17(10-8-13)12-15-5-3-14(11-16)4-6-15/h3-6,13H,2,7-10,12H2,1H3. The number of nitrogens with zero attached hydrogens (tertiary/aromatic N) is 2. The van der Waals surface area contributed by atoms with Gasteiger partial charge in [-0.05, 0) is 49.5 Å². The molecule has 0 spiro atoms. The highest BCUT2D eigenvalue weighted by Gasteiger charge is 2.17. The molecule has 0 atom stereocenters. The maximum absolute atomic E-state index is 8.75. The van der Waals surface area contributed by atoms with E-state index in [9.17, 15) is 0 Å². The molecule has 0 amide bonds. The molecule has 0 bridgehead atoms. The van der Waals surface area contributed by atoms with Crippen LogP contribution in [0.1, 0.15) is 37.3 Å². The number of piperidine rings is 1. The van der Waals surface area contributed by atoms with Gasteiger partial charge in [-0.1, -0.05) is 25.5 Å². The van der Waals surface area contributed by atoms with Gasteiger partial charge in [0.1, 0.15) is 0 Å². The molecule has 0 aromatic heterocycles. The van der Waals surface area contributed by atoms with Crippen molar-refractivity contribution in [2.24, 2.45) is 5.92 Å². The molecular formula is C15H20N2. The van der Waals surface area contributed by atoms with E-state index in [2.05, 4.69) is 30.0 Å². The Morgan fingerprint density at radius 2 is 1.88 bits per heavy atom. The van der Waals surface area contributed by atoms with E-state index in [-0.39, 0.29) is 0 Å². The molecule has 1 aromatic rings. The number of hydrogen-bond donors (Lipinski definition) is 0. The van der Waals surface area contributed by atoms with Gasteiger partial charge in [-0.2, -0.15) is 5.26 Å². The number of nitriles is 1. The summed E-state index contributed by atoms with van der Waals surface area (Å²) in [5, 5.41) is 8.75. The van der Waals surface area contributed by atoms with Crippen LogP contribution >= 0.6 is 0 Å². The van der Waals surface area contributed by atoms with Crippen molar-refractivity contribution in [3.05, 3.63) is 35.4 Å². The second-order valence-corrected chi connectivity index (χ2v) is 4.94. The van der Waals surface area contributed by atoms with Gasteiger partial charge >= 0.3 is 0 Å². The Morgan fingerprint density at radius 3 is 2.41 bits per heavy atom. The van der Waals surface area contributed by atoms with E-state index in [1.165, 1.54) is 37.9 Å². The number of hydrogen-bond acceptors (Lipinski definition) is 2. The molecule has 0 saturated carbocycles. The highest BCUT2D eigenvalue weighted by Crippen LogP contribution is 2.21. The Bertz CT molecular complexity index is 380. The molecule has 2 heteroatoms. The minimum Gasteiger partial charge on any atom is -0.299 e. The summed E-state index contributed by atoms with van der Waals surface area (Å²) >= 11 is 0. The maximum Gasteiger partial charge on any atom is 0.0991 e. The van der Waals surface area contributed by atoms with Crippen LogP contribution in [0.3, 0.4) is 0 Å². The monoisotopic (exact) mass is 228 g/mol. The van der Waals surface area contributed by atoms with Crippen molar-refractivity contribution in [3.8, 4) is 6.07 Å². The molecule has 17 heavy (non-hydrogen) atoms. The molecular weight excluding hydrogens is 208 g/mol. The van der Waals surface area contributed by atoms with E-state index in [0.717, 1.165) is 18.0 Å². The third-order valence-electron chi connectivity index (χ3n) is 3.77. The summed E-state index contributed by atoms with van der Waals surface area (Å²) in [5.74, 6) is 0.937. The minimum absolute atomic E-state index is 0.749. The van der Waals surface area contributed by atoms with Gasteiger partial charge in [0.15, 0.2) is 0 Å². The van der Waals surface area contributed by atoms with Gasteiger partial charge < -0.3 is 0 Å². The quantitative estimate of drug-likeness (QED) is 0.794. The molecule has 0 aliphatic carbocycles. The molecule has 1 aliphatic rings. The first-order chi connectivity index (χ1) is 8.31. The van der Waals surface area contributed by atoms with Crippen molar-refractivity contribution in [3.63, 3.8) is 0 Å². The van der Waals surface area contributed by atoms with Crippen molar-refractivity contribution in [1.29, 1.82) is 5.26 Å². The lowest BCUT2D eigenvalue weighted by Gasteiger charge is -2.31. The minimum atomic E-state index is 0.749. The van der Waals surface area contributed by atoms with Crippen LogP contribution in [0.4, 0.5) is 0 Å². The van der Waals surface area contributed by atoms with Gasteiger partial charge in [0.05, 0.1) is 11.6 Å². The number of likely N-dealkylation sites (tertiary alicyclic amines) is 1. The Labute approximate surface area is 104 Å². The lowest BCUT2D eigenvalue weighted by atomic mass is 9.94. The molecule has 0 N–H and O–H groups in total. The predicted molar refractivity (Wildman–Crippen MR) is 69.4 cm³/mol. The summed E-state index contributed by atoms with van der Waals surface area (Å²) in [5.41, 5.74) is 2.07. The van der Waals surface area contributed by atoms with Crippen LogP contribution < -0.4 is 0 Å². The van der Waals surface area contributed by atoms with Crippen molar-refractivity contribution < 1.29 is 0 Å². The lowest BCUT2D eigenvalue weighted by molar-refractivity contribution is 0.175. The van der Waals surface area contributed by atoms with Gasteiger partial charge in [0.2, 0.25) is 0 Å². The molecule has 0 unspecified atom stereocenters. The molecule has 2 nitrogen and oxygen atoms in total. The van der Waals surface area contributed by atoms with Gasteiger partial charge in [-0.3, -0.25) is 4.90 Å². The Kier molecular flexibility index (Phi) is 4.17. The average molecular weight is 228 g/mol. The van der Waals surface area contributed by atoms with Gasteiger partial charge in [-0.15, -0.1) is 0 Å². The smallest absolute Gasteiger partial charge is 0.0991 e. The van der Waals surface area contributed by atoms with Gasteiger partial charge in [0.25, 0.3) is 0 Å². The Morgan fingerprint density at radius 1 is 1.24 bits per heavy atom. The fourth-order valence-electron chi connectivity index (χ4n) is 2.50. The third kappa shape index (κ3) is 3.31. The van der Waals surface area contributed by atoms with Crippen molar-refractivity contribution in [2.45, 2.75) is 32.7 Å². The zero-order valence-corrected chi connectivity index (χ0v) is 10.5. The molecule has 90 valence electrons. The van der Waals surface area contributed by atoms with E-state index in [0.29, 0.717) is 0 Å². The van der Waals surface area contributed by atoms with E-state index in [1.807, 2.05) is 12.1 Å². The molecule has 1 aromatic carbocycles. The molecule has 1 fully saturated rings. The Balaban J connectivity index is 1.87. The highest BCUT2D eigenvalue weighted by atomic mass is 15.1. The number of rotatable bonds is 3. The summed E-state index contributed by atoms with van der Waals surface area (Å²) in [6, 6.07) is 10.1. The SMILES string of the molecule is CCC1CCN(Cc2ccc(C#N)cc2)CC1. The summed E-state index contributed by atoms with van der Waals surface area (Å²) in [6.07, 6.45) is 4.00. The van der Waals surface area contributed by atoms with Gasteiger partial charge in [0, 0.05) is 6.54 Å². The van der Waals surface area contributed by atoms with E-state index < -0.39 is 0 Å². The topological polar surface area (TPSA) is 27.0 Å². The molecule has 0 radical (unpaired) electrons. The normalized spacial score (nSPS) is 17.9. The maximum atomic E-state index is 8.75. The van der Waals surface area contributed by atoms with Crippen LogP contribution in [0.2, 0.25) is 0 Å². The summed E-state index contributed by atoms with van der Waals surface area (Å²) in [4.78, 5) is 2.52. The van der Waals surface area contributed by atoms with Crippen LogP contribution in [-0.4, -0.2) is 18.0 Å².